The van der Waals surface area contributed by atoms with E-state index in [1.165, 1.54) is 6.92 Å². The molecule has 0 saturated carbocycles. The first-order valence-corrected chi connectivity index (χ1v) is 8.78. The van der Waals surface area contributed by atoms with Crippen molar-refractivity contribution in [3.8, 4) is 0 Å². The molecule has 128 valence electrons. The fourth-order valence-electron chi connectivity index (χ4n) is 3.83. The van der Waals surface area contributed by atoms with E-state index >= 15 is 0 Å². The zero-order chi connectivity index (χ0) is 17.1. The Kier molecular flexibility index (Phi) is 4.97. The maximum atomic E-state index is 13.1. The Bertz CT molecular complexity index is 669. The van der Waals surface area contributed by atoms with Crippen LogP contribution in [0.4, 0.5) is 0 Å². The minimum absolute atomic E-state index is 0.0362. The van der Waals surface area contributed by atoms with Crippen molar-refractivity contribution in [1.82, 2.24) is 10.2 Å². The van der Waals surface area contributed by atoms with Crippen molar-refractivity contribution in [3.05, 3.63) is 34.9 Å². The first kappa shape index (κ1) is 16.7. The van der Waals surface area contributed by atoms with Crippen molar-refractivity contribution in [3.63, 3.8) is 0 Å². The van der Waals surface area contributed by atoms with Crippen molar-refractivity contribution in [2.24, 2.45) is 0 Å². The summed E-state index contributed by atoms with van der Waals surface area (Å²) in [5.41, 5.74) is 2.32. The molecular formula is C19H24N2O3. The highest BCUT2D eigenvalue weighted by atomic mass is 16.2. The first-order valence-electron chi connectivity index (χ1n) is 8.78. The second-order valence-electron chi connectivity index (χ2n) is 6.67. The van der Waals surface area contributed by atoms with Gasteiger partial charge in [-0.1, -0.05) is 12.1 Å². The van der Waals surface area contributed by atoms with E-state index in [0.29, 0.717) is 30.5 Å². The third-order valence-electron chi connectivity index (χ3n) is 5.05. The molecule has 24 heavy (non-hydrogen) atoms. The summed E-state index contributed by atoms with van der Waals surface area (Å²) in [5.74, 6) is 0.137. The predicted octanol–water partition coefficient (Wildman–Crippen LogP) is 2.34. The number of amides is 2. The topological polar surface area (TPSA) is 66.5 Å². The van der Waals surface area contributed by atoms with Gasteiger partial charge in [0.1, 0.15) is 0 Å². The van der Waals surface area contributed by atoms with Gasteiger partial charge in [0.2, 0.25) is 5.91 Å². The molecule has 1 atom stereocenters. The number of carbonyl (C=O) groups excluding carboxylic acids is 3. The number of hydrogen-bond donors (Lipinski definition) is 1. The standard InChI is InChI=1S/C19H24N2O3/c1-13(22)20-11-10-14-5-2-3-12-21(14)19(24)17-7-4-6-16-15(17)8-9-18(16)23/h4,6-7,14H,2-3,5,8-12H2,1H3,(H,20,22). The summed E-state index contributed by atoms with van der Waals surface area (Å²) in [7, 11) is 0. The van der Waals surface area contributed by atoms with Crippen LogP contribution >= 0.6 is 0 Å². The van der Waals surface area contributed by atoms with Gasteiger partial charge < -0.3 is 10.2 Å². The highest BCUT2D eigenvalue weighted by Crippen LogP contribution is 2.28. The molecule has 0 radical (unpaired) electrons. The van der Waals surface area contributed by atoms with E-state index in [0.717, 1.165) is 37.8 Å². The molecule has 1 heterocycles. The van der Waals surface area contributed by atoms with Crippen molar-refractivity contribution in [1.29, 1.82) is 0 Å². The Labute approximate surface area is 142 Å². The quantitative estimate of drug-likeness (QED) is 0.922. The Morgan fingerprint density at radius 1 is 1.25 bits per heavy atom. The van der Waals surface area contributed by atoms with Gasteiger partial charge in [0.25, 0.3) is 5.91 Å². The van der Waals surface area contributed by atoms with Crippen molar-refractivity contribution in [2.45, 2.75) is 51.5 Å². The summed E-state index contributed by atoms with van der Waals surface area (Å²) in [6.07, 6.45) is 5.04. The van der Waals surface area contributed by atoms with Gasteiger partial charge in [-0.05, 0) is 43.7 Å². The number of piperidine rings is 1. The largest absolute Gasteiger partial charge is 0.356 e. The molecule has 2 aliphatic rings. The molecule has 1 aromatic carbocycles. The number of nitrogens with zero attached hydrogens (tertiary/aromatic N) is 1. The second-order valence-corrected chi connectivity index (χ2v) is 6.67. The number of nitrogens with one attached hydrogen (secondary N) is 1. The summed E-state index contributed by atoms with van der Waals surface area (Å²) < 4.78 is 0. The number of carbonyl (C=O) groups is 3. The van der Waals surface area contributed by atoms with E-state index in [1.807, 2.05) is 23.1 Å². The first-order chi connectivity index (χ1) is 11.6. The highest BCUT2D eigenvalue weighted by Gasteiger charge is 2.31. The average molecular weight is 328 g/mol. The average Bonchev–Trinajstić information content (AvgIpc) is 2.96. The van der Waals surface area contributed by atoms with Crippen molar-refractivity contribution in [2.75, 3.05) is 13.1 Å². The summed E-state index contributed by atoms with van der Waals surface area (Å²) in [6.45, 7) is 2.85. The molecular weight excluding hydrogens is 304 g/mol. The van der Waals surface area contributed by atoms with Gasteiger partial charge in [0.15, 0.2) is 5.78 Å². The number of rotatable bonds is 4. The molecule has 1 fully saturated rings. The predicted molar refractivity (Wildman–Crippen MR) is 91.1 cm³/mol. The SMILES string of the molecule is CC(=O)NCCC1CCCCN1C(=O)c1cccc2c1CCC2=O. The normalized spacial score (nSPS) is 20.0. The Morgan fingerprint density at radius 3 is 2.88 bits per heavy atom. The third-order valence-corrected chi connectivity index (χ3v) is 5.05. The number of hydrogen-bond acceptors (Lipinski definition) is 3. The van der Waals surface area contributed by atoms with Crippen molar-refractivity contribution < 1.29 is 14.4 Å². The fourth-order valence-corrected chi connectivity index (χ4v) is 3.83. The van der Waals surface area contributed by atoms with Gasteiger partial charge in [0.05, 0.1) is 0 Å². The third kappa shape index (κ3) is 3.35. The fraction of sp³-hybridized carbons (Fsp3) is 0.526. The maximum absolute atomic E-state index is 13.1. The zero-order valence-electron chi connectivity index (χ0n) is 14.1. The van der Waals surface area contributed by atoms with E-state index in [2.05, 4.69) is 5.32 Å². The molecule has 0 aromatic heterocycles. The lowest BCUT2D eigenvalue weighted by molar-refractivity contribution is -0.119. The van der Waals surface area contributed by atoms with Crippen LogP contribution in [0.1, 0.15) is 65.3 Å². The van der Waals surface area contributed by atoms with Crippen LogP contribution in [0.5, 0.6) is 0 Å². The smallest absolute Gasteiger partial charge is 0.254 e. The molecule has 3 rings (SSSR count). The number of ketones is 1. The Hall–Kier alpha value is -2.17. The summed E-state index contributed by atoms with van der Waals surface area (Å²) in [6, 6.07) is 5.64. The molecule has 1 aromatic rings. The summed E-state index contributed by atoms with van der Waals surface area (Å²) >= 11 is 0. The Morgan fingerprint density at radius 2 is 2.08 bits per heavy atom. The van der Waals surface area contributed by atoms with Gasteiger partial charge in [-0.25, -0.2) is 0 Å². The minimum atomic E-state index is -0.0388. The van der Waals surface area contributed by atoms with Crippen molar-refractivity contribution >= 4 is 17.6 Å². The molecule has 2 amide bonds. The van der Waals surface area contributed by atoms with Crippen LogP contribution < -0.4 is 5.32 Å². The summed E-state index contributed by atoms with van der Waals surface area (Å²) in [5, 5.41) is 2.82. The number of benzene rings is 1. The van der Waals surface area contributed by atoms with Gasteiger partial charge in [-0.2, -0.15) is 0 Å². The van der Waals surface area contributed by atoms with E-state index < -0.39 is 0 Å². The van der Waals surface area contributed by atoms with Gasteiger partial charge in [-0.3, -0.25) is 14.4 Å². The summed E-state index contributed by atoms with van der Waals surface area (Å²) in [4.78, 5) is 38.0. The van der Waals surface area contributed by atoms with Crippen LogP contribution in [-0.4, -0.2) is 41.6 Å². The van der Waals surface area contributed by atoms with Crippen LogP contribution in [0.25, 0.3) is 0 Å². The lowest BCUT2D eigenvalue weighted by Crippen LogP contribution is -2.45. The molecule has 5 nitrogen and oxygen atoms in total. The van der Waals surface area contributed by atoms with Crippen LogP contribution in [0.2, 0.25) is 0 Å². The molecule has 1 saturated heterocycles. The zero-order valence-corrected chi connectivity index (χ0v) is 14.1. The van der Waals surface area contributed by atoms with Gasteiger partial charge in [0, 0.05) is 43.6 Å². The monoisotopic (exact) mass is 328 g/mol. The molecule has 1 aliphatic heterocycles. The lowest BCUT2D eigenvalue weighted by atomic mass is 9.96. The molecule has 1 aliphatic carbocycles. The molecule has 1 N–H and O–H groups in total. The minimum Gasteiger partial charge on any atom is -0.356 e. The number of Topliss-reactive ketones (excluding diaryl/α,β-unsaturated/α-hetero) is 1. The van der Waals surface area contributed by atoms with E-state index in [4.69, 9.17) is 0 Å². The molecule has 1 unspecified atom stereocenters. The van der Waals surface area contributed by atoms with Crippen LogP contribution in [0, 0.1) is 0 Å². The van der Waals surface area contributed by atoms with Crippen LogP contribution in [0.15, 0.2) is 18.2 Å². The maximum Gasteiger partial charge on any atom is 0.254 e. The van der Waals surface area contributed by atoms with E-state index in [9.17, 15) is 14.4 Å². The van der Waals surface area contributed by atoms with Gasteiger partial charge >= 0.3 is 0 Å². The lowest BCUT2D eigenvalue weighted by Gasteiger charge is -2.36. The van der Waals surface area contributed by atoms with E-state index in [1.54, 1.807) is 0 Å². The molecule has 5 heteroatoms. The van der Waals surface area contributed by atoms with E-state index in [-0.39, 0.29) is 23.6 Å². The van der Waals surface area contributed by atoms with Crippen LogP contribution in [-0.2, 0) is 11.2 Å². The van der Waals surface area contributed by atoms with Gasteiger partial charge in [-0.15, -0.1) is 0 Å². The number of fused-ring (bicyclic) bond motifs is 1. The molecule has 0 bridgehead atoms. The molecule has 0 spiro atoms. The second kappa shape index (κ2) is 7.16. The number of likely N-dealkylation sites (tertiary alicyclic amines) is 1. The Balaban J connectivity index is 1.77. The highest BCUT2D eigenvalue weighted by molar-refractivity contribution is 6.05. The van der Waals surface area contributed by atoms with Crippen LogP contribution in [0.3, 0.4) is 0 Å².